The van der Waals surface area contributed by atoms with Crippen molar-refractivity contribution in [2.24, 2.45) is 5.41 Å². The molecule has 0 unspecified atom stereocenters. The third kappa shape index (κ3) is 9.16. The third-order valence-corrected chi connectivity index (χ3v) is 2.01. The summed E-state index contributed by atoms with van der Waals surface area (Å²) in [5.74, 6) is -0.233. The Morgan fingerprint density at radius 2 is 1.69 bits per heavy atom. The van der Waals surface area contributed by atoms with Gasteiger partial charge in [0.05, 0.1) is 13.2 Å². The van der Waals surface area contributed by atoms with E-state index >= 15 is 0 Å². The maximum atomic E-state index is 11.3. The predicted octanol–water partition coefficient (Wildman–Crippen LogP) is 3.16. The average Bonchev–Trinajstić information content (AvgIpc) is 2.07. The van der Waals surface area contributed by atoms with Gasteiger partial charge < -0.3 is 9.47 Å². The lowest BCUT2D eigenvalue weighted by atomic mass is 9.99. The van der Waals surface area contributed by atoms with Gasteiger partial charge in [0.1, 0.15) is 4.32 Å². The van der Waals surface area contributed by atoms with E-state index in [1.807, 2.05) is 0 Å². The number of ether oxygens (including phenoxy) is 2. The lowest BCUT2D eigenvalue weighted by molar-refractivity contribution is -0.145. The van der Waals surface area contributed by atoms with Crippen molar-refractivity contribution in [2.75, 3.05) is 19.8 Å². The molecule has 0 spiro atoms. The molecular formula is C12H23BrO3. The zero-order chi connectivity index (χ0) is 12.8. The molecule has 0 radical (unpaired) electrons. The van der Waals surface area contributed by atoms with Gasteiger partial charge in [-0.25, -0.2) is 0 Å². The minimum absolute atomic E-state index is 0.189. The van der Waals surface area contributed by atoms with Crippen molar-refractivity contribution >= 4 is 21.9 Å². The van der Waals surface area contributed by atoms with Crippen LogP contribution in [0.15, 0.2) is 0 Å². The monoisotopic (exact) mass is 294 g/mol. The molecule has 0 fully saturated rings. The zero-order valence-corrected chi connectivity index (χ0v) is 12.5. The normalized spacial score (nSPS) is 12.6. The number of hydrogen-bond donors (Lipinski definition) is 0. The van der Waals surface area contributed by atoms with Crippen LogP contribution in [-0.4, -0.2) is 30.1 Å². The molecular weight excluding hydrogens is 272 g/mol. The highest BCUT2D eigenvalue weighted by Crippen LogP contribution is 2.17. The van der Waals surface area contributed by atoms with E-state index in [0.29, 0.717) is 13.2 Å². The van der Waals surface area contributed by atoms with Gasteiger partial charge in [0.25, 0.3) is 0 Å². The first-order valence-electron chi connectivity index (χ1n) is 5.57. The molecule has 0 aromatic heterocycles. The molecule has 0 aliphatic rings. The van der Waals surface area contributed by atoms with Crippen molar-refractivity contribution in [3.05, 3.63) is 0 Å². The summed E-state index contributed by atoms with van der Waals surface area (Å²) < 4.78 is 9.94. The van der Waals surface area contributed by atoms with Crippen LogP contribution >= 0.6 is 15.9 Å². The van der Waals surface area contributed by atoms with Gasteiger partial charge in [-0.1, -0.05) is 36.7 Å². The third-order valence-electron chi connectivity index (χ3n) is 1.69. The van der Waals surface area contributed by atoms with E-state index in [4.69, 9.17) is 9.47 Å². The Morgan fingerprint density at radius 1 is 1.12 bits per heavy atom. The molecule has 0 aliphatic carbocycles. The summed E-state index contributed by atoms with van der Waals surface area (Å²) in [4.78, 5) is 11.3. The van der Waals surface area contributed by atoms with E-state index in [9.17, 15) is 4.79 Å². The van der Waals surface area contributed by atoms with Gasteiger partial charge in [0.15, 0.2) is 0 Å². The average molecular weight is 295 g/mol. The van der Waals surface area contributed by atoms with Crippen LogP contribution in [0.3, 0.4) is 0 Å². The quantitative estimate of drug-likeness (QED) is 0.429. The van der Waals surface area contributed by atoms with Gasteiger partial charge in [0.2, 0.25) is 0 Å². The Kier molecular flexibility index (Phi) is 6.56. The second-order valence-electron chi connectivity index (χ2n) is 5.58. The molecule has 0 aromatic rings. The highest BCUT2D eigenvalue weighted by atomic mass is 79.9. The Morgan fingerprint density at radius 3 is 2.12 bits per heavy atom. The van der Waals surface area contributed by atoms with Crippen LogP contribution in [0, 0.1) is 5.41 Å². The first kappa shape index (κ1) is 15.9. The molecule has 0 atom stereocenters. The van der Waals surface area contributed by atoms with Gasteiger partial charge in [-0.3, -0.25) is 4.79 Å². The lowest BCUT2D eigenvalue weighted by Gasteiger charge is -2.18. The SMILES string of the molecule is CC(C)(C)COCCCOC(=O)C(C)(C)Br. The highest BCUT2D eigenvalue weighted by molar-refractivity contribution is 9.10. The molecule has 96 valence electrons. The van der Waals surface area contributed by atoms with Crippen molar-refractivity contribution in [1.29, 1.82) is 0 Å². The summed E-state index contributed by atoms with van der Waals surface area (Å²) in [5.41, 5.74) is 0.189. The van der Waals surface area contributed by atoms with E-state index in [-0.39, 0.29) is 11.4 Å². The first-order valence-corrected chi connectivity index (χ1v) is 6.36. The molecule has 4 heteroatoms. The van der Waals surface area contributed by atoms with Crippen LogP contribution < -0.4 is 0 Å². The van der Waals surface area contributed by atoms with Crippen LogP contribution in [0.2, 0.25) is 0 Å². The maximum Gasteiger partial charge on any atom is 0.322 e. The van der Waals surface area contributed by atoms with Crippen molar-refractivity contribution < 1.29 is 14.3 Å². The van der Waals surface area contributed by atoms with Gasteiger partial charge >= 0.3 is 5.97 Å². The summed E-state index contributed by atoms with van der Waals surface area (Å²) >= 11 is 3.25. The fourth-order valence-corrected chi connectivity index (χ4v) is 0.990. The van der Waals surface area contributed by atoms with Crippen molar-refractivity contribution in [3.63, 3.8) is 0 Å². The van der Waals surface area contributed by atoms with Crippen LogP contribution in [0.25, 0.3) is 0 Å². The van der Waals surface area contributed by atoms with Crippen LogP contribution in [0.1, 0.15) is 41.0 Å². The number of carbonyl (C=O) groups is 1. The summed E-state index contributed by atoms with van der Waals surface area (Å²) in [6.07, 6.45) is 0.741. The second kappa shape index (κ2) is 6.60. The summed E-state index contributed by atoms with van der Waals surface area (Å²) in [7, 11) is 0. The predicted molar refractivity (Wildman–Crippen MR) is 68.9 cm³/mol. The number of rotatable bonds is 6. The molecule has 0 bridgehead atoms. The van der Waals surface area contributed by atoms with Crippen LogP contribution in [-0.2, 0) is 14.3 Å². The van der Waals surface area contributed by atoms with E-state index < -0.39 is 4.32 Å². The molecule has 0 saturated carbocycles. The minimum atomic E-state index is -0.598. The van der Waals surface area contributed by atoms with E-state index in [0.717, 1.165) is 13.0 Å². The molecule has 0 heterocycles. The molecule has 0 amide bonds. The molecule has 0 saturated heterocycles. The summed E-state index contributed by atoms with van der Waals surface area (Å²) in [6.45, 7) is 11.7. The Bertz CT molecular complexity index is 213. The Balaban J connectivity index is 3.45. The number of alkyl halides is 1. The van der Waals surface area contributed by atoms with Crippen molar-refractivity contribution in [1.82, 2.24) is 0 Å². The molecule has 0 rings (SSSR count). The number of halogens is 1. The van der Waals surface area contributed by atoms with E-state index in [1.165, 1.54) is 0 Å². The van der Waals surface area contributed by atoms with E-state index in [2.05, 4.69) is 36.7 Å². The summed E-state index contributed by atoms with van der Waals surface area (Å²) in [6, 6.07) is 0. The van der Waals surface area contributed by atoms with Gasteiger partial charge in [-0.05, 0) is 19.3 Å². The number of carbonyl (C=O) groups excluding carboxylic acids is 1. The van der Waals surface area contributed by atoms with E-state index in [1.54, 1.807) is 13.8 Å². The number of hydrogen-bond acceptors (Lipinski definition) is 3. The van der Waals surface area contributed by atoms with Gasteiger partial charge in [-0.2, -0.15) is 0 Å². The fourth-order valence-electron chi connectivity index (χ4n) is 0.876. The smallest absolute Gasteiger partial charge is 0.322 e. The van der Waals surface area contributed by atoms with Crippen LogP contribution in [0.4, 0.5) is 0 Å². The van der Waals surface area contributed by atoms with Crippen molar-refractivity contribution in [3.8, 4) is 0 Å². The molecule has 3 nitrogen and oxygen atoms in total. The van der Waals surface area contributed by atoms with Gasteiger partial charge in [-0.15, -0.1) is 0 Å². The first-order chi connectivity index (χ1) is 7.13. The largest absolute Gasteiger partial charge is 0.465 e. The maximum absolute atomic E-state index is 11.3. The topological polar surface area (TPSA) is 35.5 Å². The lowest BCUT2D eigenvalue weighted by Crippen LogP contribution is -2.27. The zero-order valence-electron chi connectivity index (χ0n) is 10.9. The van der Waals surface area contributed by atoms with Crippen LogP contribution in [0.5, 0.6) is 0 Å². The second-order valence-corrected chi connectivity index (χ2v) is 7.56. The van der Waals surface area contributed by atoms with Crippen molar-refractivity contribution in [2.45, 2.75) is 45.4 Å². The Hall–Kier alpha value is -0.0900. The molecule has 0 aliphatic heterocycles. The van der Waals surface area contributed by atoms with Gasteiger partial charge in [0, 0.05) is 13.0 Å². The number of esters is 1. The molecule has 0 N–H and O–H groups in total. The highest BCUT2D eigenvalue weighted by Gasteiger charge is 2.25. The minimum Gasteiger partial charge on any atom is -0.465 e. The summed E-state index contributed by atoms with van der Waals surface area (Å²) in [5, 5.41) is 0. The molecule has 0 aromatic carbocycles. The molecule has 16 heavy (non-hydrogen) atoms. The Labute approximate surface area is 107 Å². The fraction of sp³-hybridized carbons (Fsp3) is 0.917. The standard InChI is InChI=1S/C12H23BrO3/c1-11(2,3)9-15-7-6-8-16-10(14)12(4,5)13/h6-9H2,1-5H3.